The van der Waals surface area contributed by atoms with Crippen molar-refractivity contribution in [3.8, 4) is 0 Å². The van der Waals surface area contributed by atoms with Gasteiger partial charge in [0.05, 0.1) is 0 Å². The van der Waals surface area contributed by atoms with E-state index < -0.39 is 0 Å². The van der Waals surface area contributed by atoms with Gasteiger partial charge in [-0.3, -0.25) is 9.89 Å². The van der Waals surface area contributed by atoms with Crippen LogP contribution in [0, 0.1) is 12.3 Å². The first-order chi connectivity index (χ1) is 11.3. The Balaban J connectivity index is 1.82. The summed E-state index contributed by atoms with van der Waals surface area (Å²) in [6, 6.07) is 5.29. The van der Waals surface area contributed by atoms with Gasteiger partial charge in [0.15, 0.2) is 0 Å². The van der Waals surface area contributed by atoms with Gasteiger partial charge in [0.25, 0.3) is 0 Å². The van der Waals surface area contributed by atoms with Gasteiger partial charge < -0.3 is 4.90 Å². The number of anilines is 1. The highest BCUT2D eigenvalue weighted by Crippen LogP contribution is 2.44. The molecule has 2 heterocycles. The largest absolute Gasteiger partial charge is 0.370 e. The van der Waals surface area contributed by atoms with Gasteiger partial charge in [0, 0.05) is 61.6 Å². The third kappa shape index (κ3) is 2.79. The number of allylic oxidation sites excluding steroid dienone is 1. The van der Waals surface area contributed by atoms with Crippen molar-refractivity contribution in [1.82, 2.24) is 4.90 Å². The van der Waals surface area contributed by atoms with Crippen molar-refractivity contribution in [3.63, 3.8) is 0 Å². The van der Waals surface area contributed by atoms with Crippen molar-refractivity contribution >= 4 is 17.0 Å². The van der Waals surface area contributed by atoms with Crippen molar-refractivity contribution in [2.75, 3.05) is 38.1 Å². The fourth-order valence-corrected chi connectivity index (χ4v) is 4.12. The maximum atomic E-state index is 4.41. The van der Waals surface area contributed by atoms with Crippen LogP contribution in [-0.2, 0) is 0 Å². The minimum absolute atomic E-state index is 0.539. The summed E-state index contributed by atoms with van der Waals surface area (Å²) < 4.78 is 0. The number of rotatable bonds is 4. The van der Waals surface area contributed by atoms with Gasteiger partial charge in [-0.05, 0) is 57.9 Å². The predicted octanol–water partition coefficient (Wildman–Crippen LogP) is 4.00. The molecule has 0 aromatic heterocycles. The van der Waals surface area contributed by atoms with E-state index in [0.29, 0.717) is 11.5 Å². The zero-order valence-corrected chi connectivity index (χ0v) is 16.1. The normalized spacial score (nSPS) is 20.3. The average molecular weight is 326 g/mol. The number of hydrogen-bond donors (Lipinski definition) is 0. The molecule has 0 amide bonds. The lowest BCUT2D eigenvalue weighted by Gasteiger charge is -2.62. The molecule has 3 heteroatoms. The highest BCUT2D eigenvalue weighted by molar-refractivity contribution is 6.03. The summed E-state index contributed by atoms with van der Waals surface area (Å²) in [5, 5.41) is 0. The Morgan fingerprint density at radius 3 is 2.25 bits per heavy atom. The number of hydrogen-bond acceptors (Lipinski definition) is 3. The van der Waals surface area contributed by atoms with Crippen molar-refractivity contribution in [3.05, 3.63) is 35.4 Å². The summed E-state index contributed by atoms with van der Waals surface area (Å²) in [5.41, 5.74) is 7.89. The van der Waals surface area contributed by atoms with E-state index in [9.17, 15) is 0 Å². The molecule has 0 saturated carbocycles. The Morgan fingerprint density at radius 1 is 1.12 bits per heavy atom. The number of benzene rings is 1. The smallest absolute Gasteiger partial charge is 0.0403 e. The maximum Gasteiger partial charge on any atom is 0.0403 e. The van der Waals surface area contributed by atoms with E-state index in [2.05, 4.69) is 68.1 Å². The zero-order valence-electron chi connectivity index (χ0n) is 16.1. The van der Waals surface area contributed by atoms with Crippen LogP contribution in [0.5, 0.6) is 0 Å². The molecule has 1 spiro atoms. The van der Waals surface area contributed by atoms with E-state index in [1.54, 1.807) is 0 Å². The number of aryl methyl sites for hydroxylation is 1. The Kier molecular flexibility index (Phi) is 4.33. The topological polar surface area (TPSA) is 18.8 Å². The lowest BCUT2D eigenvalue weighted by molar-refractivity contribution is -0.0412. The van der Waals surface area contributed by atoms with Gasteiger partial charge in [-0.1, -0.05) is 12.2 Å². The lowest BCUT2D eigenvalue weighted by atomic mass is 9.71. The van der Waals surface area contributed by atoms with Crippen LogP contribution < -0.4 is 4.90 Å². The number of likely N-dealkylation sites (tertiary alicyclic amines) is 1. The predicted molar refractivity (Wildman–Crippen MR) is 105 cm³/mol. The van der Waals surface area contributed by atoms with Gasteiger partial charge in [-0.15, -0.1) is 0 Å². The third-order valence-corrected chi connectivity index (χ3v) is 5.72. The second-order valence-electron chi connectivity index (χ2n) is 8.13. The second kappa shape index (κ2) is 6.03. The number of nitrogens with zero attached hydrogens (tertiary/aromatic N) is 3. The molecule has 0 unspecified atom stereocenters. The summed E-state index contributed by atoms with van der Waals surface area (Å²) in [6.07, 6.45) is 0. The average Bonchev–Trinajstić information content (AvgIpc) is 2.43. The summed E-state index contributed by atoms with van der Waals surface area (Å²) >= 11 is 0. The van der Waals surface area contributed by atoms with E-state index in [0.717, 1.165) is 11.3 Å². The van der Waals surface area contributed by atoms with Crippen molar-refractivity contribution in [2.45, 2.75) is 40.7 Å². The van der Waals surface area contributed by atoms with Gasteiger partial charge in [0.1, 0.15) is 0 Å². The molecule has 0 atom stereocenters. The van der Waals surface area contributed by atoms with E-state index in [1.807, 2.05) is 7.05 Å². The van der Waals surface area contributed by atoms with Crippen LogP contribution >= 0.6 is 0 Å². The molecule has 0 N–H and O–H groups in total. The zero-order chi connectivity index (χ0) is 17.6. The third-order valence-electron chi connectivity index (χ3n) is 5.72. The second-order valence-corrected chi connectivity index (χ2v) is 8.13. The Hall–Kier alpha value is -1.61. The van der Waals surface area contributed by atoms with Crippen LogP contribution in [0.1, 0.15) is 44.4 Å². The molecule has 0 bridgehead atoms. The molecule has 2 fully saturated rings. The molecule has 2 aliphatic heterocycles. The SMILES string of the molecule is C=C(C)c1cc(C)c(N2CC3(C2)CN(C(C)C)C3)cc1C(C)=NC. The first-order valence-electron chi connectivity index (χ1n) is 8.99. The van der Waals surface area contributed by atoms with Gasteiger partial charge in [-0.25, -0.2) is 0 Å². The van der Waals surface area contributed by atoms with Gasteiger partial charge in [-0.2, -0.15) is 0 Å². The molecular formula is C21H31N3. The fraction of sp³-hybridized carbons (Fsp3) is 0.571. The molecule has 1 aromatic rings. The molecule has 1 aromatic carbocycles. The standard InChI is InChI=1S/C21H31N3/c1-14(2)18-8-16(5)20(9-19(18)17(6)22-7)24-12-21(13-24)10-23(11-21)15(3)4/h8-9,15H,1,10-13H2,2-7H3. The fourth-order valence-electron chi connectivity index (χ4n) is 4.12. The molecular weight excluding hydrogens is 294 g/mol. The van der Waals surface area contributed by atoms with Crippen LogP contribution in [0.15, 0.2) is 23.7 Å². The molecule has 0 radical (unpaired) electrons. The minimum atomic E-state index is 0.539. The Labute approximate surface area is 147 Å². The summed E-state index contributed by atoms with van der Waals surface area (Å²) in [5.74, 6) is 0. The maximum absolute atomic E-state index is 4.41. The number of aliphatic imine (C=N–C) groups is 1. The Bertz CT molecular complexity index is 685. The molecule has 3 nitrogen and oxygen atoms in total. The molecule has 2 aliphatic rings. The molecule has 3 rings (SSSR count). The molecule has 0 aliphatic carbocycles. The highest BCUT2D eigenvalue weighted by Gasteiger charge is 2.52. The molecule has 2 saturated heterocycles. The quantitative estimate of drug-likeness (QED) is 0.779. The monoisotopic (exact) mass is 325 g/mol. The lowest BCUT2D eigenvalue weighted by Crippen LogP contribution is -2.73. The highest BCUT2D eigenvalue weighted by atomic mass is 15.3. The van der Waals surface area contributed by atoms with Gasteiger partial charge in [0.2, 0.25) is 0 Å². The van der Waals surface area contributed by atoms with Crippen LogP contribution in [0.2, 0.25) is 0 Å². The van der Waals surface area contributed by atoms with Crippen LogP contribution in [0.25, 0.3) is 5.57 Å². The van der Waals surface area contributed by atoms with Crippen LogP contribution in [0.3, 0.4) is 0 Å². The van der Waals surface area contributed by atoms with E-state index in [4.69, 9.17) is 0 Å². The first kappa shape index (κ1) is 17.2. The molecule has 24 heavy (non-hydrogen) atoms. The van der Waals surface area contributed by atoms with E-state index in [1.165, 1.54) is 48.6 Å². The van der Waals surface area contributed by atoms with E-state index >= 15 is 0 Å². The van der Waals surface area contributed by atoms with Crippen molar-refractivity contribution in [1.29, 1.82) is 0 Å². The van der Waals surface area contributed by atoms with E-state index in [-0.39, 0.29) is 0 Å². The van der Waals surface area contributed by atoms with Gasteiger partial charge >= 0.3 is 0 Å². The van der Waals surface area contributed by atoms with Crippen molar-refractivity contribution < 1.29 is 0 Å². The van der Waals surface area contributed by atoms with Crippen molar-refractivity contribution in [2.24, 2.45) is 10.4 Å². The summed E-state index contributed by atoms with van der Waals surface area (Å²) in [6.45, 7) is 20.0. The molecule has 130 valence electrons. The van der Waals surface area contributed by atoms with Crippen LogP contribution in [-0.4, -0.2) is 49.9 Å². The summed E-state index contributed by atoms with van der Waals surface area (Å²) in [7, 11) is 1.87. The minimum Gasteiger partial charge on any atom is -0.370 e. The Morgan fingerprint density at radius 2 is 1.75 bits per heavy atom. The van der Waals surface area contributed by atoms with Crippen LogP contribution in [0.4, 0.5) is 5.69 Å². The first-order valence-corrected chi connectivity index (χ1v) is 8.99. The summed E-state index contributed by atoms with van der Waals surface area (Å²) in [4.78, 5) is 9.53.